The van der Waals surface area contributed by atoms with E-state index in [2.05, 4.69) is 32.6 Å². The maximum atomic E-state index is 3.17. The SMILES string of the molecule is CC1CC(C)C(C2CCC(N(C3CCCCC3)C3CCCC(C)C3)CC2)C(C)C1. The van der Waals surface area contributed by atoms with Crippen molar-refractivity contribution in [2.75, 3.05) is 0 Å². The lowest BCUT2D eigenvalue weighted by atomic mass is 9.61. The molecule has 4 fully saturated rings. The second kappa shape index (κ2) is 10.1. The average molecular weight is 402 g/mol. The molecule has 0 N–H and O–H groups in total. The van der Waals surface area contributed by atoms with Crippen molar-refractivity contribution in [3.63, 3.8) is 0 Å². The average Bonchev–Trinajstić information content (AvgIpc) is 2.69. The van der Waals surface area contributed by atoms with Gasteiger partial charge < -0.3 is 0 Å². The van der Waals surface area contributed by atoms with Crippen molar-refractivity contribution < 1.29 is 0 Å². The minimum Gasteiger partial charge on any atom is -0.294 e. The van der Waals surface area contributed by atoms with Crippen LogP contribution in [0.15, 0.2) is 0 Å². The number of hydrogen-bond donors (Lipinski definition) is 0. The highest BCUT2D eigenvalue weighted by atomic mass is 15.2. The summed E-state index contributed by atoms with van der Waals surface area (Å²) in [5.41, 5.74) is 0. The molecular formula is C28H51N. The molecule has 1 nitrogen and oxygen atoms in total. The summed E-state index contributed by atoms with van der Waals surface area (Å²) in [6.07, 6.45) is 22.5. The summed E-state index contributed by atoms with van der Waals surface area (Å²) in [6, 6.07) is 2.75. The Bertz CT molecular complexity index is 475. The van der Waals surface area contributed by atoms with E-state index < -0.39 is 0 Å². The Balaban J connectivity index is 1.41. The zero-order chi connectivity index (χ0) is 20.4. The predicted octanol–water partition coefficient (Wildman–Crippen LogP) is 8.08. The molecule has 29 heavy (non-hydrogen) atoms. The Hall–Kier alpha value is -0.0400. The van der Waals surface area contributed by atoms with E-state index in [1.54, 1.807) is 0 Å². The lowest BCUT2D eigenvalue weighted by molar-refractivity contribution is -0.00982. The van der Waals surface area contributed by atoms with Gasteiger partial charge in [-0.2, -0.15) is 0 Å². The second-order valence-electron chi connectivity index (χ2n) is 12.3. The minimum atomic E-state index is 0.914. The normalized spacial score (nSPS) is 45.4. The van der Waals surface area contributed by atoms with Gasteiger partial charge in [0.05, 0.1) is 0 Å². The monoisotopic (exact) mass is 401 g/mol. The van der Waals surface area contributed by atoms with Gasteiger partial charge in [0.2, 0.25) is 0 Å². The third kappa shape index (κ3) is 5.24. The van der Waals surface area contributed by atoms with E-state index in [9.17, 15) is 0 Å². The fraction of sp³-hybridized carbons (Fsp3) is 1.00. The van der Waals surface area contributed by atoms with Gasteiger partial charge in [-0.3, -0.25) is 4.90 Å². The standard InChI is InChI=1S/C28H51N/c1-20-9-8-12-27(19-20)29(25-10-6-5-7-11-25)26-15-13-24(14-16-26)28-22(3)17-21(2)18-23(28)4/h20-28H,5-19H2,1-4H3. The molecule has 0 bridgehead atoms. The Morgan fingerprint density at radius 2 is 1.07 bits per heavy atom. The number of rotatable bonds is 4. The Kier molecular flexibility index (Phi) is 7.68. The Morgan fingerprint density at radius 1 is 0.483 bits per heavy atom. The van der Waals surface area contributed by atoms with Crippen LogP contribution in [-0.4, -0.2) is 23.0 Å². The molecule has 4 aliphatic rings. The molecule has 0 aromatic carbocycles. The maximum absolute atomic E-state index is 3.17. The van der Waals surface area contributed by atoms with Gasteiger partial charge in [0.25, 0.3) is 0 Å². The van der Waals surface area contributed by atoms with Crippen molar-refractivity contribution in [1.82, 2.24) is 4.90 Å². The van der Waals surface area contributed by atoms with E-state index in [1.165, 1.54) is 96.3 Å². The second-order valence-corrected chi connectivity index (χ2v) is 12.3. The highest BCUT2D eigenvalue weighted by Gasteiger charge is 2.41. The molecule has 4 atom stereocenters. The van der Waals surface area contributed by atoms with E-state index in [-0.39, 0.29) is 0 Å². The molecule has 0 aromatic heterocycles. The molecule has 0 heterocycles. The summed E-state index contributed by atoms with van der Waals surface area (Å²) in [7, 11) is 0. The van der Waals surface area contributed by atoms with Gasteiger partial charge in [-0.1, -0.05) is 59.8 Å². The van der Waals surface area contributed by atoms with E-state index >= 15 is 0 Å². The molecule has 4 saturated carbocycles. The van der Waals surface area contributed by atoms with Gasteiger partial charge in [0, 0.05) is 18.1 Å². The van der Waals surface area contributed by atoms with Gasteiger partial charge in [-0.05, 0) is 99.7 Å². The van der Waals surface area contributed by atoms with Crippen LogP contribution in [0.25, 0.3) is 0 Å². The predicted molar refractivity (Wildman–Crippen MR) is 126 cm³/mol. The first-order valence-electron chi connectivity index (χ1n) is 13.8. The van der Waals surface area contributed by atoms with Crippen LogP contribution in [0.2, 0.25) is 0 Å². The van der Waals surface area contributed by atoms with Crippen molar-refractivity contribution >= 4 is 0 Å². The summed E-state index contributed by atoms with van der Waals surface area (Å²) in [6.45, 7) is 10.2. The zero-order valence-corrected chi connectivity index (χ0v) is 20.2. The molecule has 0 spiro atoms. The maximum Gasteiger partial charge on any atom is 0.0104 e. The number of nitrogens with zero attached hydrogens (tertiary/aromatic N) is 1. The van der Waals surface area contributed by atoms with Crippen molar-refractivity contribution in [3.05, 3.63) is 0 Å². The van der Waals surface area contributed by atoms with Crippen molar-refractivity contribution in [2.24, 2.45) is 35.5 Å². The molecule has 1 heteroatoms. The molecule has 168 valence electrons. The fourth-order valence-corrected chi connectivity index (χ4v) is 8.90. The molecule has 4 unspecified atom stereocenters. The topological polar surface area (TPSA) is 3.24 Å². The zero-order valence-electron chi connectivity index (χ0n) is 20.2. The summed E-state index contributed by atoms with van der Waals surface area (Å²) in [5.74, 6) is 5.89. The van der Waals surface area contributed by atoms with E-state index in [1.807, 2.05) is 0 Å². The number of hydrogen-bond acceptors (Lipinski definition) is 1. The summed E-state index contributed by atoms with van der Waals surface area (Å²) >= 11 is 0. The largest absolute Gasteiger partial charge is 0.294 e. The van der Waals surface area contributed by atoms with Crippen LogP contribution >= 0.6 is 0 Å². The van der Waals surface area contributed by atoms with Gasteiger partial charge in [-0.15, -0.1) is 0 Å². The molecule has 0 saturated heterocycles. The highest BCUT2D eigenvalue weighted by Crippen LogP contribution is 2.47. The molecule has 0 aliphatic heterocycles. The molecule has 4 aliphatic carbocycles. The van der Waals surface area contributed by atoms with Crippen LogP contribution in [0.3, 0.4) is 0 Å². The van der Waals surface area contributed by atoms with Crippen molar-refractivity contribution in [1.29, 1.82) is 0 Å². The Labute approximate surface area is 182 Å². The first-order valence-corrected chi connectivity index (χ1v) is 13.8. The minimum absolute atomic E-state index is 0.914. The summed E-state index contributed by atoms with van der Waals surface area (Å²) in [5, 5.41) is 0. The molecule has 4 rings (SSSR count). The molecular weight excluding hydrogens is 350 g/mol. The van der Waals surface area contributed by atoms with Crippen LogP contribution in [0, 0.1) is 35.5 Å². The molecule has 0 aromatic rings. The van der Waals surface area contributed by atoms with Gasteiger partial charge >= 0.3 is 0 Å². The first kappa shape index (κ1) is 22.2. The van der Waals surface area contributed by atoms with E-state index in [4.69, 9.17) is 0 Å². The van der Waals surface area contributed by atoms with Crippen molar-refractivity contribution in [3.8, 4) is 0 Å². The van der Waals surface area contributed by atoms with Crippen LogP contribution in [-0.2, 0) is 0 Å². The summed E-state index contributed by atoms with van der Waals surface area (Å²) < 4.78 is 0. The highest BCUT2D eigenvalue weighted by molar-refractivity contribution is 4.94. The van der Waals surface area contributed by atoms with Crippen LogP contribution in [0.4, 0.5) is 0 Å². The summed E-state index contributed by atoms with van der Waals surface area (Å²) in [4.78, 5) is 3.17. The van der Waals surface area contributed by atoms with E-state index in [0.29, 0.717) is 0 Å². The smallest absolute Gasteiger partial charge is 0.0104 e. The molecule has 0 amide bonds. The van der Waals surface area contributed by atoms with E-state index in [0.717, 1.165) is 53.6 Å². The van der Waals surface area contributed by atoms with Gasteiger partial charge in [0.15, 0.2) is 0 Å². The fourth-order valence-electron chi connectivity index (χ4n) is 8.90. The first-order chi connectivity index (χ1) is 14.0. The lowest BCUT2D eigenvalue weighted by Gasteiger charge is -2.51. The van der Waals surface area contributed by atoms with Crippen LogP contribution < -0.4 is 0 Å². The van der Waals surface area contributed by atoms with Gasteiger partial charge in [0.1, 0.15) is 0 Å². The lowest BCUT2D eigenvalue weighted by Crippen LogP contribution is -2.53. The van der Waals surface area contributed by atoms with Crippen LogP contribution in [0.1, 0.15) is 124 Å². The Morgan fingerprint density at radius 3 is 1.69 bits per heavy atom. The third-order valence-electron chi connectivity index (χ3n) is 9.90. The third-order valence-corrected chi connectivity index (χ3v) is 9.90. The van der Waals surface area contributed by atoms with Crippen LogP contribution in [0.5, 0.6) is 0 Å². The van der Waals surface area contributed by atoms with Gasteiger partial charge in [-0.25, -0.2) is 0 Å². The molecule has 0 radical (unpaired) electrons. The quantitative estimate of drug-likeness (QED) is 0.460. The van der Waals surface area contributed by atoms with Crippen molar-refractivity contribution in [2.45, 2.75) is 142 Å².